The fraction of sp³-hybridized carbons (Fsp3) is 0.471. The fourth-order valence-corrected chi connectivity index (χ4v) is 2.81. The molecule has 0 radical (unpaired) electrons. The van der Waals surface area contributed by atoms with Gasteiger partial charge in [0, 0.05) is 22.8 Å². The summed E-state index contributed by atoms with van der Waals surface area (Å²) in [6.07, 6.45) is 0. The van der Waals surface area contributed by atoms with Gasteiger partial charge >= 0.3 is 5.97 Å². The van der Waals surface area contributed by atoms with Crippen LogP contribution in [0.2, 0.25) is 0 Å². The molecule has 1 aromatic rings. The molecule has 1 rings (SSSR count). The molecule has 24 heavy (non-hydrogen) atoms. The zero-order valence-corrected chi connectivity index (χ0v) is 15.0. The summed E-state index contributed by atoms with van der Waals surface area (Å²) in [6, 6.07) is 5.22. The second kappa shape index (κ2) is 8.28. The second-order valence-corrected chi connectivity index (χ2v) is 7.54. The van der Waals surface area contributed by atoms with E-state index in [0.29, 0.717) is 0 Å². The van der Waals surface area contributed by atoms with Crippen LogP contribution in [0.4, 0.5) is 10.1 Å². The van der Waals surface area contributed by atoms with Crippen molar-refractivity contribution in [1.29, 1.82) is 0 Å². The van der Waals surface area contributed by atoms with Crippen LogP contribution >= 0.6 is 11.8 Å². The summed E-state index contributed by atoms with van der Waals surface area (Å²) in [7, 11) is 0. The number of nitrogens with zero attached hydrogens (tertiary/aromatic N) is 1. The number of halogens is 1. The molecule has 0 bridgehead atoms. The molecule has 0 spiro atoms. The smallest absolute Gasteiger partial charge is 0.323 e. The predicted molar refractivity (Wildman–Crippen MR) is 92.5 cm³/mol. The summed E-state index contributed by atoms with van der Waals surface area (Å²) in [4.78, 5) is 36.6. The number of carbonyl (C=O) groups is 3. The molecule has 0 heterocycles. The normalized spacial score (nSPS) is 12.5. The van der Waals surface area contributed by atoms with Crippen molar-refractivity contribution in [3.63, 3.8) is 0 Å². The van der Waals surface area contributed by atoms with E-state index < -0.39 is 35.6 Å². The van der Waals surface area contributed by atoms with Crippen LogP contribution in [-0.2, 0) is 14.4 Å². The lowest BCUT2D eigenvalue weighted by atomic mass is 10.00. The van der Waals surface area contributed by atoms with Crippen LogP contribution in [-0.4, -0.2) is 34.4 Å². The number of carboxylic acids is 1. The van der Waals surface area contributed by atoms with Crippen molar-refractivity contribution in [1.82, 2.24) is 0 Å². The number of amides is 1. The minimum Gasteiger partial charge on any atom is -0.480 e. The van der Waals surface area contributed by atoms with Gasteiger partial charge in [-0.1, -0.05) is 45.5 Å². The Balaban J connectivity index is 2.88. The maximum Gasteiger partial charge on any atom is 0.323 e. The van der Waals surface area contributed by atoms with Gasteiger partial charge in [0.05, 0.1) is 0 Å². The van der Waals surface area contributed by atoms with Gasteiger partial charge in [-0.25, -0.2) is 4.39 Å². The van der Waals surface area contributed by atoms with Crippen molar-refractivity contribution in [3.05, 3.63) is 30.1 Å². The molecule has 0 aliphatic heterocycles. The number of hydrogen-bond donors (Lipinski definition) is 1. The Labute approximate surface area is 145 Å². The summed E-state index contributed by atoms with van der Waals surface area (Å²) < 4.78 is 13.4. The molecular weight excluding hydrogens is 333 g/mol. The number of carboxylic acid groups (broad SMARTS) is 1. The number of rotatable bonds is 6. The van der Waals surface area contributed by atoms with Crippen molar-refractivity contribution in [2.24, 2.45) is 11.3 Å². The van der Waals surface area contributed by atoms with E-state index in [1.54, 1.807) is 27.7 Å². The molecule has 0 aliphatic rings. The van der Waals surface area contributed by atoms with Crippen molar-refractivity contribution in [3.8, 4) is 0 Å². The Morgan fingerprint density at radius 1 is 1.29 bits per heavy atom. The maximum atomic E-state index is 13.4. The Bertz CT molecular complexity index is 627. The molecule has 0 fully saturated rings. The van der Waals surface area contributed by atoms with Crippen LogP contribution in [0.5, 0.6) is 0 Å². The third-order valence-corrected chi connectivity index (χ3v) is 4.72. The number of aliphatic carboxylic acids is 1. The van der Waals surface area contributed by atoms with Crippen molar-refractivity contribution >= 4 is 34.4 Å². The van der Waals surface area contributed by atoms with Crippen LogP contribution < -0.4 is 4.90 Å². The molecule has 0 aliphatic carbocycles. The van der Waals surface area contributed by atoms with Gasteiger partial charge in [0.1, 0.15) is 12.4 Å². The van der Waals surface area contributed by atoms with Gasteiger partial charge in [0.2, 0.25) is 5.91 Å². The molecule has 1 N–H and O–H groups in total. The zero-order chi connectivity index (χ0) is 18.5. The Hall–Kier alpha value is -1.89. The topological polar surface area (TPSA) is 74.7 Å². The van der Waals surface area contributed by atoms with Crippen molar-refractivity contribution in [2.75, 3.05) is 17.2 Å². The highest BCUT2D eigenvalue weighted by Crippen LogP contribution is 2.26. The van der Waals surface area contributed by atoms with E-state index in [4.69, 9.17) is 5.11 Å². The maximum absolute atomic E-state index is 13.4. The van der Waals surface area contributed by atoms with Crippen LogP contribution in [0.15, 0.2) is 24.3 Å². The molecule has 7 heteroatoms. The lowest BCUT2D eigenvalue weighted by Gasteiger charge is -2.25. The summed E-state index contributed by atoms with van der Waals surface area (Å²) in [6.45, 7) is 6.43. The van der Waals surface area contributed by atoms with Gasteiger partial charge in [0.15, 0.2) is 5.12 Å². The highest BCUT2D eigenvalue weighted by Gasteiger charge is 2.27. The minimum atomic E-state index is -1.20. The van der Waals surface area contributed by atoms with E-state index in [1.807, 2.05) is 0 Å². The Kier molecular flexibility index (Phi) is 6.95. The summed E-state index contributed by atoms with van der Waals surface area (Å²) in [5.74, 6) is -2.56. The van der Waals surface area contributed by atoms with E-state index in [1.165, 1.54) is 18.2 Å². The Morgan fingerprint density at radius 3 is 2.42 bits per heavy atom. The number of carbonyl (C=O) groups excluding carboxylic acids is 2. The van der Waals surface area contributed by atoms with Crippen LogP contribution in [0.3, 0.4) is 0 Å². The number of hydrogen-bond acceptors (Lipinski definition) is 4. The zero-order valence-electron chi connectivity index (χ0n) is 14.2. The van der Waals surface area contributed by atoms with Gasteiger partial charge in [-0.2, -0.15) is 0 Å². The quantitative estimate of drug-likeness (QED) is 0.848. The molecule has 1 amide bonds. The average molecular weight is 355 g/mol. The largest absolute Gasteiger partial charge is 0.480 e. The molecule has 0 saturated carbocycles. The second-order valence-electron chi connectivity index (χ2n) is 6.55. The van der Waals surface area contributed by atoms with Crippen LogP contribution in [0.1, 0.15) is 27.7 Å². The van der Waals surface area contributed by atoms with Crippen molar-refractivity contribution in [2.45, 2.75) is 27.7 Å². The molecular formula is C17H22FNO4S. The summed E-state index contributed by atoms with van der Waals surface area (Å²) in [5.41, 5.74) is -0.335. The van der Waals surface area contributed by atoms with Gasteiger partial charge in [-0.3, -0.25) is 14.4 Å². The van der Waals surface area contributed by atoms with Crippen LogP contribution in [0.25, 0.3) is 0 Å². The fourth-order valence-electron chi connectivity index (χ4n) is 1.83. The SMILES string of the molecule is CC(CSC(=O)C(C)(C)C)C(=O)N(CC(=O)O)c1cccc(F)c1. The first-order valence-corrected chi connectivity index (χ1v) is 8.47. The summed E-state index contributed by atoms with van der Waals surface area (Å²) in [5, 5.41) is 8.98. The molecule has 0 aromatic heterocycles. The molecule has 1 atom stereocenters. The average Bonchev–Trinajstić information content (AvgIpc) is 2.48. The molecule has 1 aromatic carbocycles. The van der Waals surface area contributed by atoms with Gasteiger partial charge in [-0.05, 0) is 18.2 Å². The lowest BCUT2D eigenvalue weighted by molar-refractivity contribution is -0.137. The highest BCUT2D eigenvalue weighted by molar-refractivity contribution is 8.13. The minimum absolute atomic E-state index is 0.0438. The van der Waals surface area contributed by atoms with E-state index in [0.717, 1.165) is 22.7 Å². The molecule has 5 nitrogen and oxygen atoms in total. The number of anilines is 1. The van der Waals surface area contributed by atoms with Crippen molar-refractivity contribution < 1.29 is 23.9 Å². The third kappa shape index (κ3) is 5.96. The highest BCUT2D eigenvalue weighted by atomic mass is 32.2. The summed E-state index contributed by atoms with van der Waals surface area (Å²) >= 11 is 1.05. The standard InChI is InChI=1S/C17H22FNO4S/c1-11(10-24-16(23)17(2,3)4)15(22)19(9-14(20)21)13-7-5-6-12(18)8-13/h5-8,11H,9-10H2,1-4H3,(H,20,21). The van der Waals surface area contributed by atoms with Crippen LogP contribution in [0, 0.1) is 17.2 Å². The number of thioether (sulfide) groups is 1. The van der Waals surface area contributed by atoms with E-state index in [9.17, 15) is 18.8 Å². The first kappa shape index (κ1) is 20.2. The third-order valence-electron chi connectivity index (χ3n) is 3.18. The van der Waals surface area contributed by atoms with E-state index in [-0.39, 0.29) is 16.6 Å². The van der Waals surface area contributed by atoms with Gasteiger partial charge in [-0.15, -0.1) is 0 Å². The first-order valence-electron chi connectivity index (χ1n) is 7.48. The monoisotopic (exact) mass is 355 g/mol. The molecule has 1 unspecified atom stereocenters. The van der Waals surface area contributed by atoms with Gasteiger partial charge in [0.25, 0.3) is 0 Å². The molecule has 132 valence electrons. The van der Waals surface area contributed by atoms with E-state index >= 15 is 0 Å². The number of benzene rings is 1. The lowest BCUT2D eigenvalue weighted by Crippen LogP contribution is -2.40. The van der Waals surface area contributed by atoms with E-state index in [2.05, 4.69) is 0 Å². The predicted octanol–water partition coefficient (Wildman–Crippen LogP) is 3.19. The van der Waals surface area contributed by atoms with Gasteiger partial charge < -0.3 is 10.0 Å². The first-order chi connectivity index (χ1) is 11.0. The Morgan fingerprint density at radius 2 is 1.92 bits per heavy atom. The molecule has 0 saturated heterocycles.